The van der Waals surface area contributed by atoms with E-state index in [4.69, 9.17) is 5.11 Å². The Balaban J connectivity index is 2.50. The second-order valence-electron chi connectivity index (χ2n) is 3.72. The van der Waals surface area contributed by atoms with Crippen LogP contribution in [0.15, 0.2) is 30.3 Å². The number of phenols is 1. The number of carbonyl (C=O) groups is 1. The summed E-state index contributed by atoms with van der Waals surface area (Å²) in [6.45, 7) is 0. The van der Waals surface area contributed by atoms with Gasteiger partial charge in [0.2, 0.25) is 0 Å². The molecule has 98 valence electrons. The van der Waals surface area contributed by atoms with E-state index in [0.29, 0.717) is 12.1 Å². The van der Waals surface area contributed by atoms with Gasteiger partial charge in [-0.05, 0) is 30.3 Å². The molecule has 0 fully saturated rings. The average Bonchev–Trinajstić information content (AvgIpc) is 2.39. The summed E-state index contributed by atoms with van der Waals surface area (Å²) >= 11 is 0. The van der Waals surface area contributed by atoms with Crippen LogP contribution in [0, 0.1) is 23.3 Å². The lowest BCUT2D eigenvalue weighted by atomic mass is 10.0. The van der Waals surface area contributed by atoms with Gasteiger partial charge in [0.05, 0.1) is 5.56 Å². The van der Waals surface area contributed by atoms with Gasteiger partial charge >= 0.3 is 0 Å². The van der Waals surface area contributed by atoms with Crippen molar-refractivity contribution in [2.24, 2.45) is 0 Å². The summed E-state index contributed by atoms with van der Waals surface area (Å²) in [5.41, 5.74) is -1.01. The number of aromatic hydroxyl groups is 1. The van der Waals surface area contributed by atoms with Crippen LogP contribution in [0.3, 0.4) is 0 Å². The third-order valence-corrected chi connectivity index (χ3v) is 2.49. The molecule has 0 bridgehead atoms. The van der Waals surface area contributed by atoms with Crippen LogP contribution in [-0.2, 0) is 0 Å². The fraction of sp³-hybridized carbons (Fsp3) is 0. The second-order valence-corrected chi connectivity index (χ2v) is 3.72. The Bertz CT molecular complexity index is 668. The summed E-state index contributed by atoms with van der Waals surface area (Å²) in [5.74, 6) is -7.61. The van der Waals surface area contributed by atoms with Crippen LogP contribution in [0.4, 0.5) is 17.6 Å². The van der Waals surface area contributed by atoms with Crippen molar-refractivity contribution < 1.29 is 27.5 Å². The third-order valence-electron chi connectivity index (χ3n) is 2.49. The molecular formula is C13H6F4O2. The molecule has 2 rings (SSSR count). The van der Waals surface area contributed by atoms with E-state index in [0.717, 1.165) is 18.2 Å². The molecule has 0 atom stereocenters. The summed E-state index contributed by atoms with van der Waals surface area (Å²) in [6, 6.07) is 3.99. The first-order chi connectivity index (χ1) is 8.91. The summed E-state index contributed by atoms with van der Waals surface area (Å²) < 4.78 is 52.2. The van der Waals surface area contributed by atoms with Crippen LogP contribution >= 0.6 is 0 Å². The summed E-state index contributed by atoms with van der Waals surface area (Å²) in [6.07, 6.45) is 0. The van der Waals surface area contributed by atoms with Gasteiger partial charge in [0.1, 0.15) is 0 Å². The standard InChI is InChI=1S/C13H6F4O2/c14-8-3-2-7(11(16)12(8)17)13(19)6-1-4-10(18)9(15)5-6/h1-5,18H. The van der Waals surface area contributed by atoms with Crippen molar-refractivity contribution in [3.8, 4) is 5.75 Å². The van der Waals surface area contributed by atoms with E-state index in [9.17, 15) is 22.4 Å². The van der Waals surface area contributed by atoms with Gasteiger partial charge < -0.3 is 5.11 Å². The largest absolute Gasteiger partial charge is 0.505 e. The van der Waals surface area contributed by atoms with Crippen molar-refractivity contribution in [2.45, 2.75) is 0 Å². The van der Waals surface area contributed by atoms with Gasteiger partial charge in [-0.3, -0.25) is 4.79 Å². The highest BCUT2D eigenvalue weighted by atomic mass is 19.2. The van der Waals surface area contributed by atoms with Gasteiger partial charge in [0.25, 0.3) is 0 Å². The molecule has 0 spiro atoms. The first-order valence-electron chi connectivity index (χ1n) is 5.08. The van der Waals surface area contributed by atoms with Gasteiger partial charge in [-0.15, -0.1) is 0 Å². The van der Waals surface area contributed by atoms with E-state index < -0.39 is 40.4 Å². The van der Waals surface area contributed by atoms with Crippen molar-refractivity contribution in [2.75, 3.05) is 0 Å². The van der Waals surface area contributed by atoms with Gasteiger partial charge in [-0.1, -0.05) is 0 Å². The Morgan fingerprint density at radius 1 is 0.895 bits per heavy atom. The Kier molecular flexibility index (Phi) is 3.25. The minimum absolute atomic E-state index is 0.291. The molecule has 2 aromatic rings. The fourth-order valence-corrected chi connectivity index (χ4v) is 1.50. The molecule has 1 N–H and O–H groups in total. The van der Waals surface area contributed by atoms with E-state index in [2.05, 4.69) is 0 Å². The van der Waals surface area contributed by atoms with E-state index >= 15 is 0 Å². The van der Waals surface area contributed by atoms with Crippen molar-refractivity contribution >= 4 is 5.78 Å². The van der Waals surface area contributed by atoms with E-state index in [1.54, 1.807) is 0 Å². The van der Waals surface area contributed by atoms with Crippen LogP contribution in [0.25, 0.3) is 0 Å². The molecule has 19 heavy (non-hydrogen) atoms. The fourth-order valence-electron chi connectivity index (χ4n) is 1.50. The zero-order chi connectivity index (χ0) is 14.2. The maximum absolute atomic E-state index is 13.4. The van der Waals surface area contributed by atoms with Crippen molar-refractivity contribution in [3.63, 3.8) is 0 Å². The van der Waals surface area contributed by atoms with Gasteiger partial charge in [0.15, 0.2) is 34.8 Å². The molecular weight excluding hydrogens is 264 g/mol. The van der Waals surface area contributed by atoms with E-state index in [1.165, 1.54) is 0 Å². The number of benzene rings is 2. The molecule has 6 heteroatoms. The highest BCUT2D eigenvalue weighted by molar-refractivity contribution is 6.09. The number of ketones is 1. The van der Waals surface area contributed by atoms with Gasteiger partial charge in [-0.2, -0.15) is 0 Å². The zero-order valence-corrected chi connectivity index (χ0v) is 9.25. The molecule has 0 aliphatic heterocycles. The SMILES string of the molecule is O=C(c1ccc(O)c(F)c1)c1ccc(F)c(F)c1F. The summed E-state index contributed by atoms with van der Waals surface area (Å²) in [7, 11) is 0. The molecule has 0 saturated carbocycles. The molecule has 0 aliphatic carbocycles. The first kappa shape index (κ1) is 13.1. The molecule has 0 amide bonds. The normalized spacial score (nSPS) is 10.5. The topological polar surface area (TPSA) is 37.3 Å². The molecule has 2 nitrogen and oxygen atoms in total. The number of halogens is 4. The minimum atomic E-state index is -1.77. The highest BCUT2D eigenvalue weighted by Gasteiger charge is 2.20. The van der Waals surface area contributed by atoms with Crippen molar-refractivity contribution in [3.05, 3.63) is 64.7 Å². The van der Waals surface area contributed by atoms with Crippen LogP contribution in [-0.4, -0.2) is 10.9 Å². The average molecular weight is 270 g/mol. The Morgan fingerprint density at radius 2 is 1.58 bits per heavy atom. The predicted molar refractivity (Wildman–Crippen MR) is 57.8 cm³/mol. The molecule has 2 aromatic carbocycles. The summed E-state index contributed by atoms with van der Waals surface area (Å²) in [4.78, 5) is 11.8. The molecule has 0 aliphatic rings. The smallest absolute Gasteiger partial charge is 0.196 e. The highest BCUT2D eigenvalue weighted by Crippen LogP contribution is 2.21. The van der Waals surface area contributed by atoms with Crippen molar-refractivity contribution in [1.29, 1.82) is 0 Å². The monoisotopic (exact) mass is 270 g/mol. The molecule has 0 radical (unpaired) electrons. The maximum atomic E-state index is 13.4. The van der Waals surface area contributed by atoms with Crippen LogP contribution in [0.5, 0.6) is 5.75 Å². The molecule has 0 saturated heterocycles. The van der Waals surface area contributed by atoms with Gasteiger partial charge in [0, 0.05) is 5.56 Å². The molecule has 0 heterocycles. The number of hydrogen-bond acceptors (Lipinski definition) is 2. The Morgan fingerprint density at radius 3 is 2.21 bits per heavy atom. The quantitative estimate of drug-likeness (QED) is 0.517. The minimum Gasteiger partial charge on any atom is -0.505 e. The number of rotatable bonds is 2. The van der Waals surface area contributed by atoms with Crippen molar-refractivity contribution in [1.82, 2.24) is 0 Å². The van der Waals surface area contributed by atoms with Crippen LogP contribution < -0.4 is 0 Å². The lowest BCUT2D eigenvalue weighted by Gasteiger charge is -2.05. The molecule has 0 aromatic heterocycles. The molecule has 0 unspecified atom stereocenters. The van der Waals surface area contributed by atoms with Crippen LogP contribution in [0.1, 0.15) is 15.9 Å². The third kappa shape index (κ3) is 2.29. The predicted octanol–water partition coefficient (Wildman–Crippen LogP) is 3.18. The van der Waals surface area contributed by atoms with Gasteiger partial charge in [-0.25, -0.2) is 17.6 Å². The van der Waals surface area contributed by atoms with E-state index in [1.807, 2.05) is 0 Å². The summed E-state index contributed by atoms with van der Waals surface area (Å²) in [5, 5.41) is 8.96. The first-order valence-corrected chi connectivity index (χ1v) is 5.08. The Labute approximate surface area is 104 Å². The van der Waals surface area contributed by atoms with Crippen LogP contribution in [0.2, 0.25) is 0 Å². The number of hydrogen-bond donors (Lipinski definition) is 1. The number of carbonyl (C=O) groups excluding carboxylic acids is 1. The Hall–Kier alpha value is -2.37. The number of phenolic OH excluding ortho intramolecular Hbond substituents is 1. The van der Waals surface area contributed by atoms with E-state index in [-0.39, 0.29) is 5.56 Å². The second kappa shape index (κ2) is 4.72. The maximum Gasteiger partial charge on any atom is 0.196 e. The zero-order valence-electron chi connectivity index (χ0n) is 9.25. The lowest BCUT2D eigenvalue weighted by molar-refractivity contribution is 0.103. The lowest BCUT2D eigenvalue weighted by Crippen LogP contribution is -2.07.